The van der Waals surface area contributed by atoms with Gasteiger partial charge in [-0.1, -0.05) is 0 Å². The summed E-state index contributed by atoms with van der Waals surface area (Å²) in [5.41, 5.74) is 1.58. The number of hydrogen-bond acceptors (Lipinski definition) is 4. The molecular weight excluding hydrogens is 260 g/mol. The summed E-state index contributed by atoms with van der Waals surface area (Å²) in [5, 5.41) is 9.70. The quantitative estimate of drug-likeness (QED) is 0.917. The molecule has 0 aromatic carbocycles. The molecule has 0 saturated carbocycles. The van der Waals surface area contributed by atoms with Crippen molar-refractivity contribution in [2.24, 2.45) is 0 Å². The summed E-state index contributed by atoms with van der Waals surface area (Å²) in [6, 6.07) is 1.84. The van der Waals surface area contributed by atoms with Gasteiger partial charge in [-0.2, -0.15) is 5.10 Å². The Morgan fingerprint density at radius 2 is 2.42 bits per heavy atom. The summed E-state index contributed by atoms with van der Waals surface area (Å²) in [5.74, 6) is 0.0232. The van der Waals surface area contributed by atoms with E-state index in [9.17, 15) is 4.79 Å². The number of H-pyrrole nitrogens is 1. The van der Waals surface area contributed by atoms with E-state index in [1.807, 2.05) is 17.2 Å². The number of hydrogen-bond donors (Lipinski definition) is 1. The van der Waals surface area contributed by atoms with Gasteiger partial charge in [0.05, 0.1) is 6.04 Å². The Kier molecular flexibility index (Phi) is 3.33. The molecule has 19 heavy (non-hydrogen) atoms. The largest absolute Gasteiger partial charge is 0.328 e. The minimum atomic E-state index is 0.0232. The molecule has 2 aromatic rings. The van der Waals surface area contributed by atoms with Gasteiger partial charge < -0.3 is 4.90 Å². The molecule has 1 N–H and O–H groups in total. The second-order valence-corrected chi connectivity index (χ2v) is 5.70. The summed E-state index contributed by atoms with van der Waals surface area (Å²) in [7, 11) is 0. The van der Waals surface area contributed by atoms with E-state index >= 15 is 0 Å². The van der Waals surface area contributed by atoms with Gasteiger partial charge in [-0.3, -0.25) is 9.89 Å². The Balaban J connectivity index is 1.87. The standard InChI is InChI=1S/C13H16N4OS/c1-9-8-19-12(15-9)11-4-2-3-7-17(11)13(18)10-5-6-14-16-10/h5-6,8,11H,2-4,7H2,1H3,(H,14,16)/t11-/m0/s1. The summed E-state index contributed by atoms with van der Waals surface area (Å²) in [6.07, 6.45) is 4.81. The SMILES string of the molecule is Cc1csc([C@@H]2CCCCN2C(=O)c2ccn[nH]2)n1. The molecule has 1 amide bonds. The summed E-state index contributed by atoms with van der Waals surface area (Å²) < 4.78 is 0. The molecule has 3 rings (SSSR count). The number of likely N-dealkylation sites (tertiary alicyclic amines) is 1. The number of carbonyl (C=O) groups excluding carboxylic acids is 1. The number of aromatic amines is 1. The predicted molar refractivity (Wildman–Crippen MR) is 73.1 cm³/mol. The highest BCUT2D eigenvalue weighted by molar-refractivity contribution is 7.09. The monoisotopic (exact) mass is 276 g/mol. The van der Waals surface area contributed by atoms with Crippen LogP contribution in [0.15, 0.2) is 17.6 Å². The Hall–Kier alpha value is -1.69. The highest BCUT2D eigenvalue weighted by Crippen LogP contribution is 2.33. The van der Waals surface area contributed by atoms with Crippen LogP contribution >= 0.6 is 11.3 Å². The minimum absolute atomic E-state index is 0.0232. The first kappa shape index (κ1) is 12.3. The van der Waals surface area contributed by atoms with Crippen molar-refractivity contribution in [3.63, 3.8) is 0 Å². The summed E-state index contributed by atoms with van der Waals surface area (Å²) in [4.78, 5) is 19.0. The topological polar surface area (TPSA) is 61.9 Å². The van der Waals surface area contributed by atoms with Crippen LogP contribution in [-0.4, -0.2) is 32.5 Å². The van der Waals surface area contributed by atoms with Crippen molar-refractivity contribution in [1.82, 2.24) is 20.1 Å². The van der Waals surface area contributed by atoms with Gasteiger partial charge in [0.25, 0.3) is 5.91 Å². The smallest absolute Gasteiger partial charge is 0.272 e. The maximum Gasteiger partial charge on any atom is 0.272 e. The van der Waals surface area contributed by atoms with Gasteiger partial charge in [-0.25, -0.2) is 4.98 Å². The summed E-state index contributed by atoms with van der Waals surface area (Å²) >= 11 is 1.64. The molecule has 5 nitrogen and oxygen atoms in total. The zero-order chi connectivity index (χ0) is 13.2. The van der Waals surface area contributed by atoms with Crippen LogP contribution in [0.4, 0.5) is 0 Å². The molecule has 0 spiro atoms. The molecule has 0 radical (unpaired) electrons. The van der Waals surface area contributed by atoms with E-state index in [1.54, 1.807) is 23.6 Å². The highest BCUT2D eigenvalue weighted by atomic mass is 32.1. The fourth-order valence-corrected chi connectivity index (χ4v) is 3.43. The van der Waals surface area contributed by atoms with Gasteiger partial charge in [0.15, 0.2) is 0 Å². The van der Waals surface area contributed by atoms with Crippen LogP contribution < -0.4 is 0 Å². The van der Waals surface area contributed by atoms with Crippen LogP contribution in [0.2, 0.25) is 0 Å². The van der Waals surface area contributed by atoms with Gasteiger partial charge in [0.2, 0.25) is 0 Å². The molecule has 0 aliphatic carbocycles. The van der Waals surface area contributed by atoms with E-state index in [-0.39, 0.29) is 11.9 Å². The second kappa shape index (κ2) is 5.13. The first-order chi connectivity index (χ1) is 9.25. The molecule has 1 fully saturated rings. The Labute approximate surface area is 115 Å². The fourth-order valence-electron chi connectivity index (χ4n) is 2.49. The normalized spacial score (nSPS) is 19.6. The fraction of sp³-hybridized carbons (Fsp3) is 0.462. The molecule has 2 aromatic heterocycles. The maximum absolute atomic E-state index is 12.5. The Bertz CT molecular complexity index is 563. The van der Waals surface area contributed by atoms with Crippen LogP contribution in [0, 0.1) is 6.92 Å². The Morgan fingerprint density at radius 1 is 1.53 bits per heavy atom. The van der Waals surface area contributed by atoms with Crippen molar-refractivity contribution < 1.29 is 4.79 Å². The van der Waals surface area contributed by atoms with Crippen molar-refractivity contribution >= 4 is 17.2 Å². The second-order valence-electron chi connectivity index (χ2n) is 4.81. The van der Waals surface area contributed by atoms with Gasteiger partial charge in [-0.15, -0.1) is 11.3 Å². The molecule has 1 saturated heterocycles. The maximum atomic E-state index is 12.5. The lowest BCUT2D eigenvalue weighted by atomic mass is 10.0. The van der Waals surface area contributed by atoms with Crippen LogP contribution in [-0.2, 0) is 0 Å². The van der Waals surface area contributed by atoms with Crippen molar-refractivity contribution in [2.45, 2.75) is 32.2 Å². The van der Waals surface area contributed by atoms with E-state index in [4.69, 9.17) is 0 Å². The third-order valence-electron chi connectivity index (χ3n) is 3.42. The predicted octanol–water partition coefficient (Wildman–Crippen LogP) is 2.54. The number of amides is 1. The number of aromatic nitrogens is 3. The molecule has 1 aliphatic rings. The first-order valence-electron chi connectivity index (χ1n) is 6.48. The number of thiazole rings is 1. The average molecular weight is 276 g/mol. The molecule has 0 bridgehead atoms. The van der Waals surface area contributed by atoms with Crippen LogP contribution in [0.5, 0.6) is 0 Å². The van der Waals surface area contributed by atoms with Gasteiger partial charge in [0, 0.05) is 23.8 Å². The lowest BCUT2D eigenvalue weighted by Crippen LogP contribution is -2.38. The number of rotatable bonds is 2. The molecule has 100 valence electrons. The first-order valence-corrected chi connectivity index (χ1v) is 7.36. The third kappa shape index (κ3) is 2.40. The number of nitrogens with zero attached hydrogens (tertiary/aromatic N) is 3. The van der Waals surface area contributed by atoms with E-state index in [2.05, 4.69) is 15.2 Å². The van der Waals surface area contributed by atoms with E-state index in [1.165, 1.54) is 0 Å². The lowest BCUT2D eigenvalue weighted by molar-refractivity contribution is 0.0605. The molecule has 3 heterocycles. The highest BCUT2D eigenvalue weighted by Gasteiger charge is 2.30. The van der Waals surface area contributed by atoms with E-state index in [0.29, 0.717) is 5.69 Å². The number of carbonyl (C=O) groups is 1. The van der Waals surface area contributed by atoms with Gasteiger partial charge >= 0.3 is 0 Å². The van der Waals surface area contributed by atoms with Crippen molar-refractivity contribution in [3.8, 4) is 0 Å². The van der Waals surface area contributed by atoms with Crippen LogP contribution in [0.25, 0.3) is 0 Å². The van der Waals surface area contributed by atoms with Crippen molar-refractivity contribution in [2.75, 3.05) is 6.54 Å². The Morgan fingerprint density at radius 3 is 3.11 bits per heavy atom. The van der Waals surface area contributed by atoms with E-state index < -0.39 is 0 Å². The van der Waals surface area contributed by atoms with Gasteiger partial charge in [0.1, 0.15) is 10.7 Å². The molecule has 1 atom stereocenters. The zero-order valence-corrected chi connectivity index (χ0v) is 11.6. The molecule has 1 aliphatic heterocycles. The van der Waals surface area contributed by atoms with Crippen LogP contribution in [0.3, 0.4) is 0 Å². The molecule has 6 heteroatoms. The van der Waals surface area contributed by atoms with Crippen molar-refractivity contribution in [3.05, 3.63) is 34.0 Å². The van der Waals surface area contributed by atoms with Crippen molar-refractivity contribution in [1.29, 1.82) is 0 Å². The number of aryl methyl sites for hydroxylation is 1. The molecular formula is C13H16N4OS. The minimum Gasteiger partial charge on any atom is -0.328 e. The number of piperidine rings is 1. The summed E-state index contributed by atoms with van der Waals surface area (Å²) in [6.45, 7) is 2.78. The van der Waals surface area contributed by atoms with E-state index in [0.717, 1.165) is 36.5 Å². The lowest BCUT2D eigenvalue weighted by Gasteiger charge is -2.34. The molecule has 0 unspecified atom stereocenters. The number of nitrogens with one attached hydrogen (secondary N) is 1. The van der Waals surface area contributed by atoms with Gasteiger partial charge in [-0.05, 0) is 32.3 Å². The van der Waals surface area contributed by atoms with Crippen LogP contribution in [0.1, 0.15) is 46.5 Å². The zero-order valence-electron chi connectivity index (χ0n) is 10.8. The third-order valence-corrected chi connectivity index (χ3v) is 4.48. The average Bonchev–Trinajstić information content (AvgIpc) is 3.09.